The molecule has 2 atom stereocenters. The molecule has 0 saturated carbocycles. The number of carbonyl (C=O) groups is 2. The monoisotopic (exact) mass is 511 g/mol. The fraction of sp³-hybridized carbons (Fsp3) is 0.250. The molecule has 11 heteroatoms. The number of aliphatic imine (C=N–C) groups is 1. The molecule has 1 aromatic carbocycles. The van der Waals surface area contributed by atoms with Crippen LogP contribution >= 0.6 is 27.7 Å². The molecule has 0 bridgehead atoms. The normalized spacial score (nSPS) is 21.9. The van der Waals surface area contributed by atoms with Gasteiger partial charge in [-0.25, -0.2) is 4.79 Å². The van der Waals surface area contributed by atoms with Crippen molar-refractivity contribution < 1.29 is 27.5 Å². The van der Waals surface area contributed by atoms with Crippen molar-refractivity contribution in [3.63, 3.8) is 0 Å². The van der Waals surface area contributed by atoms with Crippen LogP contribution in [0.25, 0.3) is 0 Å². The SMILES string of the molecule is NC1=CC2=NC(C3Cc4cc(Br)c(OC(=O)C(F)(F)F)cc4S3)Cc3c[nH]c(c32)C1=O. The molecule has 3 N–H and O–H groups in total. The number of H-pyrrole nitrogens is 1. The average Bonchev–Trinajstić information content (AvgIpc) is 3.30. The van der Waals surface area contributed by atoms with Crippen molar-refractivity contribution in [3.8, 4) is 5.75 Å². The van der Waals surface area contributed by atoms with Crippen LogP contribution < -0.4 is 10.5 Å². The predicted octanol–water partition coefficient (Wildman–Crippen LogP) is 3.71. The Kier molecular flexibility index (Phi) is 4.60. The van der Waals surface area contributed by atoms with Gasteiger partial charge < -0.3 is 15.5 Å². The highest BCUT2D eigenvalue weighted by Gasteiger charge is 2.42. The van der Waals surface area contributed by atoms with Crippen LogP contribution in [0, 0.1) is 0 Å². The maximum absolute atomic E-state index is 12.5. The molecule has 5 rings (SSSR count). The summed E-state index contributed by atoms with van der Waals surface area (Å²) in [6, 6.07) is 3.01. The third-order valence-corrected chi connectivity index (χ3v) is 7.45. The number of nitrogens with two attached hydrogens (primary N) is 1. The van der Waals surface area contributed by atoms with Crippen LogP contribution in [-0.4, -0.2) is 39.9 Å². The molecule has 31 heavy (non-hydrogen) atoms. The summed E-state index contributed by atoms with van der Waals surface area (Å²) in [4.78, 5) is 32.0. The third-order valence-electron chi connectivity index (χ3n) is 5.41. The summed E-state index contributed by atoms with van der Waals surface area (Å²) in [7, 11) is 0. The molecule has 3 heterocycles. The topological polar surface area (TPSA) is 97.5 Å². The number of Topliss-reactive ketones (excluding diaryl/α,β-unsaturated/α-hetero) is 1. The van der Waals surface area contributed by atoms with Crippen molar-refractivity contribution in [2.24, 2.45) is 10.7 Å². The highest BCUT2D eigenvalue weighted by molar-refractivity contribution is 9.10. The highest BCUT2D eigenvalue weighted by atomic mass is 79.9. The summed E-state index contributed by atoms with van der Waals surface area (Å²) in [6.45, 7) is 0. The molecule has 1 aromatic heterocycles. The molecule has 0 amide bonds. The lowest BCUT2D eigenvalue weighted by atomic mass is 9.88. The van der Waals surface area contributed by atoms with Crippen molar-refractivity contribution in [2.45, 2.75) is 35.2 Å². The van der Waals surface area contributed by atoms with E-state index in [1.54, 1.807) is 18.3 Å². The molecule has 0 radical (unpaired) electrons. The minimum atomic E-state index is -5.07. The van der Waals surface area contributed by atoms with Crippen molar-refractivity contribution in [1.29, 1.82) is 0 Å². The molecule has 1 aliphatic carbocycles. The number of fused-ring (bicyclic) bond motifs is 1. The van der Waals surface area contributed by atoms with E-state index in [0.717, 1.165) is 21.6 Å². The number of allylic oxidation sites excluding steroid dienone is 2. The number of carbonyl (C=O) groups excluding carboxylic acids is 2. The number of ether oxygens (including phenoxy) is 1. The Morgan fingerprint density at radius 1 is 1.29 bits per heavy atom. The molecule has 0 spiro atoms. The Bertz CT molecular complexity index is 1220. The number of hydrogen-bond donors (Lipinski definition) is 2. The first-order valence-electron chi connectivity index (χ1n) is 9.20. The lowest BCUT2D eigenvalue weighted by Crippen LogP contribution is -2.32. The van der Waals surface area contributed by atoms with Gasteiger partial charge in [-0.3, -0.25) is 9.79 Å². The molecule has 0 fully saturated rings. The van der Waals surface area contributed by atoms with E-state index in [-0.39, 0.29) is 33.0 Å². The van der Waals surface area contributed by atoms with Crippen LogP contribution in [0.2, 0.25) is 0 Å². The van der Waals surface area contributed by atoms with Gasteiger partial charge in [-0.15, -0.1) is 11.8 Å². The Morgan fingerprint density at radius 3 is 2.81 bits per heavy atom. The van der Waals surface area contributed by atoms with E-state index >= 15 is 0 Å². The van der Waals surface area contributed by atoms with E-state index in [0.29, 0.717) is 24.2 Å². The highest BCUT2D eigenvalue weighted by Crippen LogP contribution is 2.45. The van der Waals surface area contributed by atoms with Crippen molar-refractivity contribution in [1.82, 2.24) is 4.98 Å². The van der Waals surface area contributed by atoms with E-state index in [1.807, 2.05) is 0 Å². The standard InChI is InChI=1S/C20H13BrF3N3O3S/c21-9-1-7-3-15(31-14(7)5-13(9)30-19(29)20(22,23)24)11-2-8-6-26-17-16(8)12(27-11)4-10(25)18(17)28/h1,4-6,11,15,26H,2-3,25H2. The first-order chi connectivity index (χ1) is 14.6. The summed E-state index contributed by atoms with van der Waals surface area (Å²) < 4.78 is 42.4. The Morgan fingerprint density at radius 2 is 2.06 bits per heavy atom. The van der Waals surface area contributed by atoms with E-state index in [2.05, 4.69) is 25.7 Å². The number of thioether (sulfide) groups is 1. The van der Waals surface area contributed by atoms with Gasteiger partial charge in [-0.05, 0) is 58.1 Å². The number of aromatic nitrogens is 1. The molecule has 2 aliphatic heterocycles. The molecule has 6 nitrogen and oxygen atoms in total. The number of nitrogens with zero attached hydrogens (tertiary/aromatic N) is 1. The number of ketones is 1. The van der Waals surface area contributed by atoms with Crippen LogP contribution in [-0.2, 0) is 17.6 Å². The van der Waals surface area contributed by atoms with Gasteiger partial charge in [-0.2, -0.15) is 13.2 Å². The van der Waals surface area contributed by atoms with Crippen LogP contribution in [0.5, 0.6) is 5.75 Å². The lowest BCUT2D eigenvalue weighted by molar-refractivity contribution is -0.189. The fourth-order valence-corrected chi connectivity index (χ4v) is 5.85. The molecular weight excluding hydrogens is 499 g/mol. The molecule has 0 saturated heterocycles. The fourth-order valence-electron chi connectivity index (χ4n) is 4.01. The zero-order valence-corrected chi connectivity index (χ0v) is 18.0. The summed E-state index contributed by atoms with van der Waals surface area (Å²) >= 11 is 4.67. The Balaban J connectivity index is 1.41. The number of hydrogen-bond acceptors (Lipinski definition) is 6. The predicted molar refractivity (Wildman–Crippen MR) is 111 cm³/mol. The first kappa shape index (κ1) is 20.4. The van der Waals surface area contributed by atoms with Gasteiger partial charge >= 0.3 is 12.1 Å². The lowest BCUT2D eigenvalue weighted by Gasteiger charge is -2.26. The summed E-state index contributed by atoms with van der Waals surface area (Å²) in [5.41, 5.74) is 9.80. The number of aromatic amines is 1. The number of nitrogens with one attached hydrogen (secondary N) is 1. The van der Waals surface area contributed by atoms with Crippen LogP contribution in [0.15, 0.2) is 44.5 Å². The van der Waals surface area contributed by atoms with E-state index in [9.17, 15) is 22.8 Å². The Hall–Kier alpha value is -2.53. The van der Waals surface area contributed by atoms with Gasteiger partial charge in [0.25, 0.3) is 0 Å². The second kappa shape index (κ2) is 6.99. The smallest absolute Gasteiger partial charge is 0.419 e. The minimum Gasteiger partial charge on any atom is -0.419 e. The van der Waals surface area contributed by atoms with Gasteiger partial charge in [0.15, 0.2) is 0 Å². The zero-order valence-electron chi connectivity index (χ0n) is 15.5. The second-order valence-electron chi connectivity index (χ2n) is 7.42. The van der Waals surface area contributed by atoms with Crippen molar-refractivity contribution in [3.05, 3.63) is 57.0 Å². The zero-order chi connectivity index (χ0) is 22.1. The van der Waals surface area contributed by atoms with E-state index in [4.69, 9.17) is 10.7 Å². The van der Waals surface area contributed by atoms with E-state index < -0.39 is 12.1 Å². The molecular formula is C20H13BrF3N3O3S. The third kappa shape index (κ3) is 3.39. The van der Waals surface area contributed by atoms with Gasteiger partial charge in [0, 0.05) is 21.9 Å². The van der Waals surface area contributed by atoms with Crippen molar-refractivity contribution in [2.75, 3.05) is 0 Å². The molecule has 160 valence electrons. The quantitative estimate of drug-likeness (QED) is 0.473. The van der Waals surface area contributed by atoms with Crippen LogP contribution in [0.1, 0.15) is 27.2 Å². The van der Waals surface area contributed by atoms with Gasteiger partial charge in [-0.1, -0.05) is 0 Å². The number of alkyl halides is 3. The first-order valence-corrected chi connectivity index (χ1v) is 10.9. The van der Waals surface area contributed by atoms with Gasteiger partial charge in [0.2, 0.25) is 5.78 Å². The average molecular weight is 512 g/mol. The number of benzene rings is 1. The number of esters is 1. The molecule has 2 aromatic rings. The second-order valence-corrected chi connectivity index (χ2v) is 9.55. The van der Waals surface area contributed by atoms with Crippen LogP contribution in [0.4, 0.5) is 13.2 Å². The largest absolute Gasteiger partial charge is 0.491 e. The maximum Gasteiger partial charge on any atom is 0.491 e. The van der Waals surface area contributed by atoms with Crippen LogP contribution in [0.3, 0.4) is 0 Å². The summed E-state index contributed by atoms with van der Waals surface area (Å²) in [5, 5.41) is 0.0294. The van der Waals surface area contributed by atoms with Crippen molar-refractivity contribution >= 4 is 45.2 Å². The Labute approximate surface area is 186 Å². The summed E-state index contributed by atoms with van der Waals surface area (Å²) in [6.07, 6.45) is -0.408. The van der Waals surface area contributed by atoms with Gasteiger partial charge in [0.1, 0.15) is 5.75 Å². The number of rotatable bonds is 2. The molecule has 2 unspecified atom stereocenters. The maximum atomic E-state index is 12.5. The number of halogens is 4. The van der Waals surface area contributed by atoms with Gasteiger partial charge in [0.05, 0.1) is 27.6 Å². The van der Waals surface area contributed by atoms with E-state index in [1.165, 1.54) is 17.8 Å². The molecule has 3 aliphatic rings. The summed E-state index contributed by atoms with van der Waals surface area (Å²) in [5.74, 6) is -2.69. The minimum absolute atomic E-state index is 0.0294.